The first-order valence-electron chi connectivity index (χ1n) is 5.60. The van der Waals surface area contributed by atoms with Crippen molar-refractivity contribution in [1.29, 1.82) is 0 Å². The Morgan fingerprint density at radius 2 is 1.76 bits per heavy atom. The molecule has 1 N–H and O–H groups in total. The highest BCUT2D eigenvalue weighted by Crippen LogP contribution is 2.24. The van der Waals surface area contributed by atoms with Gasteiger partial charge >= 0.3 is 10.2 Å². The summed E-state index contributed by atoms with van der Waals surface area (Å²) < 4.78 is 48.8. The topological polar surface area (TPSA) is 63.2 Å². The highest BCUT2D eigenvalue weighted by atomic mass is 35.5. The SMILES string of the molecule is O=C(Nc1ccccc1S(=O)(=O)F)c1cccc(Cl)c1F. The van der Waals surface area contributed by atoms with Crippen molar-refractivity contribution in [2.45, 2.75) is 4.90 Å². The molecular weight excluding hydrogens is 324 g/mol. The Hall–Kier alpha value is -1.99. The van der Waals surface area contributed by atoms with Gasteiger partial charge in [0.1, 0.15) is 4.90 Å². The first-order chi connectivity index (χ1) is 9.80. The Kier molecular flexibility index (Phi) is 4.24. The summed E-state index contributed by atoms with van der Waals surface area (Å²) in [5.74, 6) is -1.89. The Labute approximate surface area is 124 Å². The van der Waals surface area contributed by atoms with Gasteiger partial charge in [-0.25, -0.2) is 4.39 Å². The summed E-state index contributed by atoms with van der Waals surface area (Å²) in [6, 6.07) is 8.65. The zero-order valence-electron chi connectivity index (χ0n) is 10.3. The van der Waals surface area contributed by atoms with E-state index in [0.29, 0.717) is 0 Å². The molecular formula is C13H8ClF2NO3S. The molecule has 110 valence electrons. The van der Waals surface area contributed by atoms with Gasteiger partial charge in [-0.15, -0.1) is 3.89 Å². The molecule has 0 saturated heterocycles. The fourth-order valence-electron chi connectivity index (χ4n) is 1.65. The van der Waals surface area contributed by atoms with Crippen LogP contribution in [0.15, 0.2) is 47.4 Å². The molecule has 0 aromatic heterocycles. The number of hydrogen-bond donors (Lipinski definition) is 1. The molecule has 2 aromatic carbocycles. The molecule has 0 saturated carbocycles. The van der Waals surface area contributed by atoms with Gasteiger partial charge in [0.25, 0.3) is 5.91 Å². The van der Waals surface area contributed by atoms with Crippen LogP contribution in [0.25, 0.3) is 0 Å². The fraction of sp³-hybridized carbons (Fsp3) is 0. The molecule has 1 amide bonds. The molecule has 0 atom stereocenters. The summed E-state index contributed by atoms with van der Waals surface area (Å²) in [5.41, 5.74) is -0.669. The molecule has 0 aliphatic heterocycles. The predicted octanol–water partition coefficient (Wildman–Crippen LogP) is 3.39. The van der Waals surface area contributed by atoms with Crippen LogP contribution in [-0.2, 0) is 10.2 Å². The largest absolute Gasteiger partial charge is 0.334 e. The van der Waals surface area contributed by atoms with E-state index in [1.165, 1.54) is 36.4 Å². The van der Waals surface area contributed by atoms with Crippen LogP contribution in [-0.4, -0.2) is 14.3 Å². The summed E-state index contributed by atoms with van der Waals surface area (Å²) in [5, 5.41) is 1.89. The van der Waals surface area contributed by atoms with Gasteiger partial charge in [0, 0.05) is 0 Å². The molecule has 0 heterocycles. The van der Waals surface area contributed by atoms with Crippen molar-refractivity contribution in [2.24, 2.45) is 0 Å². The van der Waals surface area contributed by atoms with E-state index >= 15 is 0 Å². The molecule has 0 unspecified atom stereocenters. The van der Waals surface area contributed by atoms with E-state index in [9.17, 15) is 21.5 Å². The van der Waals surface area contributed by atoms with Crippen LogP contribution in [0, 0.1) is 5.82 Å². The van der Waals surface area contributed by atoms with Crippen molar-refractivity contribution in [2.75, 3.05) is 5.32 Å². The Bertz CT molecular complexity index is 809. The molecule has 2 rings (SSSR count). The fourth-order valence-corrected chi connectivity index (χ4v) is 2.45. The van der Waals surface area contributed by atoms with E-state index in [2.05, 4.69) is 5.32 Å². The molecule has 21 heavy (non-hydrogen) atoms. The lowest BCUT2D eigenvalue weighted by Gasteiger charge is -2.09. The number of amides is 1. The minimum atomic E-state index is -5.01. The number of carbonyl (C=O) groups excluding carboxylic acids is 1. The number of para-hydroxylation sites is 1. The van der Waals surface area contributed by atoms with Crippen molar-refractivity contribution < 1.29 is 21.5 Å². The third kappa shape index (κ3) is 3.37. The Morgan fingerprint density at radius 1 is 1.10 bits per heavy atom. The highest BCUT2D eigenvalue weighted by Gasteiger charge is 2.20. The van der Waals surface area contributed by atoms with E-state index in [1.54, 1.807) is 0 Å². The lowest BCUT2D eigenvalue weighted by Crippen LogP contribution is -2.15. The van der Waals surface area contributed by atoms with Crippen LogP contribution < -0.4 is 5.32 Å². The number of rotatable bonds is 3. The third-order valence-corrected chi connectivity index (χ3v) is 3.77. The first kappa shape index (κ1) is 15.4. The van der Waals surface area contributed by atoms with Gasteiger partial charge in [0.2, 0.25) is 0 Å². The Balaban J connectivity index is 2.40. The first-order valence-corrected chi connectivity index (χ1v) is 7.36. The van der Waals surface area contributed by atoms with Crippen LogP contribution >= 0.6 is 11.6 Å². The highest BCUT2D eigenvalue weighted by molar-refractivity contribution is 7.86. The standard InChI is InChI=1S/C13H8ClF2NO3S/c14-9-5-3-4-8(12(9)15)13(18)17-10-6-1-2-7-11(10)21(16,19)20/h1-7H,(H,17,18). The van der Waals surface area contributed by atoms with Crippen molar-refractivity contribution in [3.8, 4) is 0 Å². The van der Waals surface area contributed by atoms with E-state index in [4.69, 9.17) is 11.6 Å². The maximum Gasteiger partial charge on any atom is 0.334 e. The van der Waals surface area contributed by atoms with Crippen molar-refractivity contribution in [3.63, 3.8) is 0 Å². The average Bonchev–Trinajstić information content (AvgIpc) is 2.41. The van der Waals surface area contributed by atoms with Crippen LogP contribution in [0.3, 0.4) is 0 Å². The lowest BCUT2D eigenvalue weighted by atomic mass is 10.2. The lowest BCUT2D eigenvalue weighted by molar-refractivity contribution is 0.102. The number of carbonyl (C=O) groups is 1. The van der Waals surface area contributed by atoms with E-state index < -0.39 is 26.8 Å². The van der Waals surface area contributed by atoms with Crippen LogP contribution in [0.4, 0.5) is 14.0 Å². The molecule has 0 spiro atoms. The number of hydrogen-bond acceptors (Lipinski definition) is 3. The number of anilines is 1. The second-order valence-electron chi connectivity index (χ2n) is 3.99. The monoisotopic (exact) mass is 331 g/mol. The second-order valence-corrected chi connectivity index (χ2v) is 5.71. The van der Waals surface area contributed by atoms with E-state index in [-0.39, 0.29) is 16.3 Å². The minimum Gasteiger partial charge on any atom is -0.321 e. The minimum absolute atomic E-state index is 0.256. The van der Waals surface area contributed by atoms with E-state index in [1.807, 2.05) is 0 Å². The van der Waals surface area contributed by atoms with Gasteiger partial charge in [-0.05, 0) is 24.3 Å². The molecule has 0 fully saturated rings. The predicted molar refractivity (Wildman–Crippen MR) is 74.1 cm³/mol. The van der Waals surface area contributed by atoms with Crippen LogP contribution in [0.5, 0.6) is 0 Å². The second kappa shape index (κ2) is 5.79. The summed E-state index contributed by atoms with van der Waals surface area (Å²) in [6.45, 7) is 0. The number of halogens is 3. The van der Waals surface area contributed by atoms with Crippen LogP contribution in [0.1, 0.15) is 10.4 Å². The smallest absolute Gasteiger partial charge is 0.321 e. The summed E-state index contributed by atoms with van der Waals surface area (Å²) in [7, 11) is -5.01. The summed E-state index contributed by atoms with van der Waals surface area (Å²) in [4.78, 5) is 11.2. The molecule has 4 nitrogen and oxygen atoms in total. The number of benzene rings is 2. The van der Waals surface area contributed by atoms with Gasteiger partial charge in [0.15, 0.2) is 5.82 Å². The average molecular weight is 332 g/mol. The van der Waals surface area contributed by atoms with Crippen molar-refractivity contribution in [1.82, 2.24) is 0 Å². The summed E-state index contributed by atoms with van der Waals surface area (Å²) in [6.07, 6.45) is 0. The quantitative estimate of drug-likeness (QED) is 0.877. The van der Waals surface area contributed by atoms with E-state index in [0.717, 1.165) is 6.07 Å². The molecule has 0 radical (unpaired) electrons. The molecule has 0 aliphatic carbocycles. The molecule has 0 bridgehead atoms. The molecule has 8 heteroatoms. The Morgan fingerprint density at radius 3 is 2.43 bits per heavy atom. The van der Waals surface area contributed by atoms with Gasteiger partial charge in [-0.2, -0.15) is 8.42 Å². The molecule has 0 aliphatic rings. The van der Waals surface area contributed by atoms with Crippen molar-refractivity contribution >= 4 is 33.4 Å². The normalized spacial score (nSPS) is 11.2. The maximum absolute atomic E-state index is 13.7. The summed E-state index contributed by atoms with van der Waals surface area (Å²) >= 11 is 5.55. The van der Waals surface area contributed by atoms with Gasteiger partial charge in [0.05, 0.1) is 16.3 Å². The van der Waals surface area contributed by atoms with Gasteiger partial charge < -0.3 is 5.32 Å². The van der Waals surface area contributed by atoms with Gasteiger partial charge in [-0.3, -0.25) is 4.79 Å². The van der Waals surface area contributed by atoms with Crippen molar-refractivity contribution in [3.05, 3.63) is 58.9 Å². The number of nitrogens with one attached hydrogen (secondary N) is 1. The molecule has 2 aromatic rings. The zero-order valence-corrected chi connectivity index (χ0v) is 11.9. The zero-order chi connectivity index (χ0) is 15.6. The van der Waals surface area contributed by atoms with Crippen LogP contribution in [0.2, 0.25) is 5.02 Å². The third-order valence-electron chi connectivity index (χ3n) is 2.59. The maximum atomic E-state index is 13.7. The van der Waals surface area contributed by atoms with Gasteiger partial charge in [-0.1, -0.05) is 29.8 Å².